The third kappa shape index (κ3) is 4.28. The molecular weight excluding hydrogens is 342 g/mol. The van der Waals surface area contributed by atoms with Crippen LogP contribution in [0.1, 0.15) is 31.5 Å². The molecule has 128 valence electrons. The molecule has 2 aromatic carbocycles. The Kier molecular flexibility index (Phi) is 5.19. The summed E-state index contributed by atoms with van der Waals surface area (Å²) in [7, 11) is 0. The molecule has 3 aromatic rings. The number of aryl methyl sites for hydroxylation is 1. The summed E-state index contributed by atoms with van der Waals surface area (Å²) in [5.41, 5.74) is 1.89. The molecule has 3 rings (SSSR count). The summed E-state index contributed by atoms with van der Waals surface area (Å²) in [4.78, 5) is 17.5. The summed E-state index contributed by atoms with van der Waals surface area (Å²) in [5.74, 6) is -1.28. The van der Waals surface area contributed by atoms with Crippen molar-refractivity contribution in [1.29, 1.82) is 0 Å². The SMILES string of the molecule is Cc1nc(CNC(=O)c2ccccc2F)sc1Cc1ccc(F)cc1. The topological polar surface area (TPSA) is 42.0 Å². The molecule has 1 aromatic heterocycles. The van der Waals surface area contributed by atoms with Gasteiger partial charge in [0, 0.05) is 11.3 Å². The number of hydrogen-bond donors (Lipinski definition) is 1. The van der Waals surface area contributed by atoms with E-state index in [1.807, 2.05) is 6.92 Å². The van der Waals surface area contributed by atoms with Gasteiger partial charge in [-0.25, -0.2) is 13.8 Å². The summed E-state index contributed by atoms with van der Waals surface area (Å²) in [6, 6.07) is 12.2. The third-order valence-corrected chi connectivity index (χ3v) is 4.89. The van der Waals surface area contributed by atoms with Crippen LogP contribution in [0.4, 0.5) is 8.78 Å². The molecule has 0 bridgehead atoms. The van der Waals surface area contributed by atoms with E-state index in [0.29, 0.717) is 6.42 Å². The predicted octanol–water partition coefficient (Wildman–Crippen LogP) is 4.25. The van der Waals surface area contributed by atoms with Crippen molar-refractivity contribution >= 4 is 17.2 Å². The summed E-state index contributed by atoms with van der Waals surface area (Å²) < 4.78 is 26.6. The number of thiazole rings is 1. The van der Waals surface area contributed by atoms with Crippen molar-refractivity contribution in [3.8, 4) is 0 Å². The number of carbonyl (C=O) groups is 1. The predicted molar refractivity (Wildman–Crippen MR) is 93.6 cm³/mol. The summed E-state index contributed by atoms with van der Waals surface area (Å²) in [6.07, 6.45) is 0.658. The number of carbonyl (C=O) groups excluding carboxylic acids is 1. The highest BCUT2D eigenvalue weighted by atomic mass is 32.1. The number of amides is 1. The second-order valence-corrected chi connectivity index (χ2v) is 6.75. The van der Waals surface area contributed by atoms with E-state index in [1.165, 1.54) is 41.7 Å². The van der Waals surface area contributed by atoms with Gasteiger partial charge in [0.05, 0.1) is 17.8 Å². The van der Waals surface area contributed by atoms with Crippen molar-refractivity contribution in [3.63, 3.8) is 0 Å². The first-order valence-corrected chi connectivity index (χ1v) is 8.57. The minimum Gasteiger partial charge on any atom is -0.345 e. The summed E-state index contributed by atoms with van der Waals surface area (Å²) in [6.45, 7) is 2.14. The molecular formula is C19H16F2N2OS. The number of nitrogens with zero attached hydrogens (tertiary/aromatic N) is 1. The smallest absolute Gasteiger partial charge is 0.254 e. The minimum absolute atomic E-state index is 0.0160. The van der Waals surface area contributed by atoms with Crippen LogP contribution in [0.2, 0.25) is 0 Å². The molecule has 0 spiro atoms. The largest absolute Gasteiger partial charge is 0.345 e. The molecule has 6 heteroatoms. The Bertz CT molecular complexity index is 891. The van der Waals surface area contributed by atoms with Crippen molar-refractivity contribution in [2.24, 2.45) is 0 Å². The van der Waals surface area contributed by atoms with Gasteiger partial charge in [-0.3, -0.25) is 4.79 Å². The van der Waals surface area contributed by atoms with Crippen molar-refractivity contribution in [2.45, 2.75) is 19.9 Å². The lowest BCUT2D eigenvalue weighted by atomic mass is 10.1. The number of hydrogen-bond acceptors (Lipinski definition) is 3. The number of nitrogens with one attached hydrogen (secondary N) is 1. The van der Waals surface area contributed by atoms with Crippen molar-refractivity contribution in [2.75, 3.05) is 0 Å². The summed E-state index contributed by atoms with van der Waals surface area (Å²) in [5, 5.41) is 3.44. The first kappa shape index (κ1) is 17.2. The number of benzene rings is 2. The zero-order chi connectivity index (χ0) is 17.8. The van der Waals surface area contributed by atoms with Gasteiger partial charge in [0.15, 0.2) is 0 Å². The molecule has 0 aliphatic heterocycles. The van der Waals surface area contributed by atoms with E-state index < -0.39 is 11.7 Å². The first-order chi connectivity index (χ1) is 12.0. The molecule has 25 heavy (non-hydrogen) atoms. The van der Waals surface area contributed by atoms with Gasteiger partial charge in [0.2, 0.25) is 0 Å². The maximum Gasteiger partial charge on any atom is 0.254 e. The summed E-state index contributed by atoms with van der Waals surface area (Å²) >= 11 is 1.49. The van der Waals surface area contributed by atoms with Gasteiger partial charge in [-0.15, -0.1) is 11.3 Å². The van der Waals surface area contributed by atoms with E-state index >= 15 is 0 Å². The van der Waals surface area contributed by atoms with Crippen LogP contribution >= 0.6 is 11.3 Å². The normalized spacial score (nSPS) is 10.7. The number of aromatic nitrogens is 1. The number of rotatable bonds is 5. The quantitative estimate of drug-likeness (QED) is 0.741. The maximum absolute atomic E-state index is 13.6. The Balaban J connectivity index is 1.65. The van der Waals surface area contributed by atoms with E-state index in [9.17, 15) is 13.6 Å². The van der Waals surface area contributed by atoms with Gasteiger partial charge in [0.1, 0.15) is 16.6 Å². The van der Waals surface area contributed by atoms with Crippen LogP contribution in [0.5, 0.6) is 0 Å². The average Bonchev–Trinajstić information content (AvgIpc) is 2.95. The monoisotopic (exact) mass is 358 g/mol. The zero-order valence-corrected chi connectivity index (χ0v) is 14.4. The molecule has 0 fully saturated rings. The van der Waals surface area contributed by atoms with E-state index in [2.05, 4.69) is 10.3 Å². The number of halogens is 2. The molecule has 1 heterocycles. The average molecular weight is 358 g/mol. The lowest BCUT2D eigenvalue weighted by Gasteiger charge is -2.03. The van der Waals surface area contributed by atoms with Gasteiger partial charge in [-0.1, -0.05) is 24.3 Å². The molecule has 1 N–H and O–H groups in total. The lowest BCUT2D eigenvalue weighted by molar-refractivity contribution is 0.0947. The van der Waals surface area contributed by atoms with Crippen LogP contribution in [-0.2, 0) is 13.0 Å². The Morgan fingerprint density at radius 2 is 1.84 bits per heavy atom. The minimum atomic E-state index is -0.549. The third-order valence-electron chi connectivity index (χ3n) is 3.73. The molecule has 0 saturated carbocycles. The van der Waals surface area contributed by atoms with Crippen LogP contribution in [0.15, 0.2) is 48.5 Å². The fourth-order valence-corrected chi connectivity index (χ4v) is 3.46. The molecule has 0 aliphatic rings. The van der Waals surface area contributed by atoms with Gasteiger partial charge in [0.25, 0.3) is 5.91 Å². The fraction of sp³-hybridized carbons (Fsp3) is 0.158. The van der Waals surface area contributed by atoms with E-state index in [1.54, 1.807) is 18.2 Å². The lowest BCUT2D eigenvalue weighted by Crippen LogP contribution is -2.23. The standard InChI is InChI=1S/C19H16F2N2OS/c1-12-17(10-13-6-8-14(20)9-7-13)25-18(23-12)11-22-19(24)15-4-2-3-5-16(15)21/h2-9H,10-11H2,1H3,(H,22,24). The highest BCUT2D eigenvalue weighted by Gasteiger charge is 2.13. The van der Waals surface area contributed by atoms with Crippen molar-refractivity contribution < 1.29 is 13.6 Å². The molecule has 3 nitrogen and oxygen atoms in total. The molecule has 0 saturated heterocycles. The Hall–Kier alpha value is -2.60. The zero-order valence-electron chi connectivity index (χ0n) is 13.6. The second-order valence-electron chi connectivity index (χ2n) is 5.58. The Labute approximate surface area is 148 Å². The first-order valence-electron chi connectivity index (χ1n) is 7.75. The van der Waals surface area contributed by atoms with E-state index in [4.69, 9.17) is 0 Å². The van der Waals surface area contributed by atoms with Gasteiger partial charge < -0.3 is 5.32 Å². The molecule has 0 aliphatic carbocycles. The van der Waals surface area contributed by atoms with Crippen LogP contribution in [0.25, 0.3) is 0 Å². The van der Waals surface area contributed by atoms with Crippen molar-refractivity contribution in [3.05, 3.63) is 86.9 Å². The van der Waals surface area contributed by atoms with Gasteiger partial charge in [-0.05, 0) is 36.8 Å². The fourth-order valence-electron chi connectivity index (χ4n) is 2.41. The highest BCUT2D eigenvalue weighted by Crippen LogP contribution is 2.22. The van der Waals surface area contributed by atoms with Crippen LogP contribution < -0.4 is 5.32 Å². The molecule has 1 amide bonds. The van der Waals surface area contributed by atoms with Crippen LogP contribution in [0.3, 0.4) is 0 Å². The molecule has 0 radical (unpaired) electrons. The Morgan fingerprint density at radius 1 is 1.12 bits per heavy atom. The highest BCUT2D eigenvalue weighted by molar-refractivity contribution is 7.11. The van der Waals surface area contributed by atoms with Crippen molar-refractivity contribution in [1.82, 2.24) is 10.3 Å². The maximum atomic E-state index is 13.6. The van der Waals surface area contributed by atoms with E-state index in [0.717, 1.165) is 21.1 Å². The van der Waals surface area contributed by atoms with Gasteiger partial charge >= 0.3 is 0 Å². The molecule has 0 unspecified atom stereocenters. The van der Waals surface area contributed by atoms with Crippen LogP contribution in [-0.4, -0.2) is 10.9 Å². The van der Waals surface area contributed by atoms with Gasteiger partial charge in [-0.2, -0.15) is 0 Å². The second kappa shape index (κ2) is 7.53. The Morgan fingerprint density at radius 3 is 2.56 bits per heavy atom. The molecule has 0 atom stereocenters. The van der Waals surface area contributed by atoms with E-state index in [-0.39, 0.29) is 17.9 Å². The van der Waals surface area contributed by atoms with Crippen LogP contribution in [0, 0.1) is 18.6 Å².